The quantitative estimate of drug-likeness (QED) is 0.786. The first-order valence-corrected chi connectivity index (χ1v) is 8.03. The molecule has 2 heterocycles. The van der Waals surface area contributed by atoms with E-state index in [2.05, 4.69) is 36.0 Å². The fraction of sp³-hybridized carbons (Fsp3) is 0.263. The van der Waals surface area contributed by atoms with E-state index in [9.17, 15) is 5.11 Å². The highest BCUT2D eigenvalue weighted by molar-refractivity contribution is 5.90. The second-order valence-electron chi connectivity index (χ2n) is 6.29. The van der Waals surface area contributed by atoms with Crippen LogP contribution in [0, 0.1) is 0 Å². The third-order valence-corrected chi connectivity index (χ3v) is 4.83. The summed E-state index contributed by atoms with van der Waals surface area (Å²) in [6.45, 7) is 2.01. The second kappa shape index (κ2) is 5.37. The van der Waals surface area contributed by atoms with Crippen LogP contribution >= 0.6 is 0 Å². The first-order chi connectivity index (χ1) is 11.6. The molecule has 0 unspecified atom stereocenters. The molecule has 0 saturated carbocycles. The molecule has 1 N–H and O–H groups in total. The molecule has 0 fully saturated rings. The van der Waals surface area contributed by atoms with Gasteiger partial charge in [-0.15, -0.1) is 0 Å². The predicted molar refractivity (Wildman–Crippen MR) is 98.0 cm³/mol. The molecule has 1 aliphatic heterocycles. The van der Waals surface area contributed by atoms with Crippen molar-refractivity contribution in [3.8, 4) is 17.3 Å². The summed E-state index contributed by atoms with van der Waals surface area (Å²) in [7, 11) is 5.84. The highest BCUT2D eigenvalue weighted by atomic mass is 16.5. The van der Waals surface area contributed by atoms with Gasteiger partial charge in [-0.2, -0.15) is 0 Å². The summed E-state index contributed by atoms with van der Waals surface area (Å²) in [4.78, 5) is 4.51. The van der Waals surface area contributed by atoms with Crippen molar-refractivity contribution in [3.63, 3.8) is 0 Å². The van der Waals surface area contributed by atoms with Crippen LogP contribution < -0.4 is 14.5 Å². The first-order valence-electron chi connectivity index (χ1n) is 8.03. The number of benzene rings is 2. The van der Waals surface area contributed by atoms with Gasteiger partial charge in [0.25, 0.3) is 0 Å². The summed E-state index contributed by atoms with van der Waals surface area (Å²) in [5.41, 5.74) is 3.34. The number of aromatic nitrogens is 1. The highest BCUT2D eigenvalue weighted by Gasteiger charge is 2.19. The van der Waals surface area contributed by atoms with Gasteiger partial charge in [0.2, 0.25) is 5.88 Å². The minimum atomic E-state index is 0.232. The monoisotopic (exact) mass is 323 g/mol. The second-order valence-corrected chi connectivity index (χ2v) is 6.29. The van der Waals surface area contributed by atoms with Crippen molar-refractivity contribution in [2.45, 2.75) is 0 Å². The molecular weight excluding hydrogens is 302 g/mol. The number of nitrogens with zero attached hydrogens (tertiary/aromatic N) is 3. The van der Waals surface area contributed by atoms with Gasteiger partial charge in [-0.05, 0) is 36.4 Å². The van der Waals surface area contributed by atoms with E-state index in [1.807, 2.05) is 35.0 Å². The van der Waals surface area contributed by atoms with Crippen molar-refractivity contribution in [3.05, 3.63) is 42.6 Å². The average molecular weight is 323 g/mol. The average Bonchev–Trinajstić information content (AvgIpc) is 2.94. The minimum absolute atomic E-state index is 0.232. The van der Waals surface area contributed by atoms with Crippen molar-refractivity contribution < 1.29 is 9.84 Å². The molecule has 1 aromatic heterocycles. The maximum Gasteiger partial charge on any atom is 0.203 e. The molecule has 5 heteroatoms. The number of hydrogen-bond acceptors (Lipinski definition) is 4. The van der Waals surface area contributed by atoms with Crippen LogP contribution in [0.25, 0.3) is 16.5 Å². The summed E-state index contributed by atoms with van der Waals surface area (Å²) in [5, 5.41) is 12.4. The number of hydrogen-bond donors (Lipinski definition) is 1. The van der Waals surface area contributed by atoms with Crippen LogP contribution in [0.2, 0.25) is 0 Å². The number of fused-ring (bicyclic) bond motifs is 2. The topological polar surface area (TPSA) is 40.9 Å². The van der Waals surface area contributed by atoms with Crippen LogP contribution in [-0.2, 0) is 0 Å². The standard InChI is InChI=1S/C19H21N3O2/c1-20-8-9-21(2)18-10-14(5-7-17(18)20)22-12-13-4-6-15(24-3)11-16(13)19(22)23/h4-7,10-12,23H,8-9H2,1-3H3. The largest absolute Gasteiger partial charge is 0.497 e. The van der Waals surface area contributed by atoms with Crippen molar-refractivity contribution in [1.82, 2.24) is 4.57 Å². The number of methoxy groups -OCH3 is 1. The van der Waals surface area contributed by atoms with Crippen molar-refractivity contribution in [1.29, 1.82) is 0 Å². The van der Waals surface area contributed by atoms with E-state index in [0.29, 0.717) is 0 Å². The predicted octanol–water partition coefficient (Wildman–Crippen LogP) is 3.23. The molecule has 5 nitrogen and oxygen atoms in total. The molecule has 24 heavy (non-hydrogen) atoms. The van der Waals surface area contributed by atoms with Crippen LogP contribution in [0.15, 0.2) is 42.6 Å². The molecule has 1 aliphatic rings. The zero-order chi connectivity index (χ0) is 16.8. The molecular formula is C19H21N3O2. The first kappa shape index (κ1) is 14.8. The molecule has 124 valence electrons. The summed E-state index contributed by atoms with van der Waals surface area (Å²) in [6.07, 6.45) is 1.96. The van der Waals surface area contributed by atoms with E-state index in [1.165, 1.54) is 11.4 Å². The molecule has 0 saturated heterocycles. The van der Waals surface area contributed by atoms with E-state index < -0.39 is 0 Å². The Bertz CT molecular complexity index is 916. The Labute approximate surface area is 141 Å². The van der Waals surface area contributed by atoms with Crippen LogP contribution in [0.1, 0.15) is 0 Å². The Balaban J connectivity index is 1.86. The molecule has 0 bridgehead atoms. The van der Waals surface area contributed by atoms with Gasteiger partial charge in [-0.1, -0.05) is 0 Å². The molecule has 0 aliphatic carbocycles. The van der Waals surface area contributed by atoms with Gasteiger partial charge in [0.05, 0.1) is 24.2 Å². The third-order valence-electron chi connectivity index (χ3n) is 4.83. The van der Waals surface area contributed by atoms with Gasteiger partial charge in [0, 0.05) is 44.2 Å². The molecule has 4 rings (SSSR count). The zero-order valence-corrected chi connectivity index (χ0v) is 14.2. The Kier molecular flexibility index (Phi) is 3.30. The maximum absolute atomic E-state index is 10.7. The van der Waals surface area contributed by atoms with Gasteiger partial charge in [-0.25, -0.2) is 0 Å². The van der Waals surface area contributed by atoms with E-state index >= 15 is 0 Å². The van der Waals surface area contributed by atoms with Gasteiger partial charge in [-0.3, -0.25) is 4.57 Å². The number of likely N-dealkylation sites (N-methyl/N-ethyl adjacent to an activating group) is 2. The maximum atomic E-state index is 10.7. The Morgan fingerprint density at radius 3 is 2.46 bits per heavy atom. The molecule has 0 radical (unpaired) electrons. The molecule has 0 amide bonds. The molecule has 0 atom stereocenters. The van der Waals surface area contributed by atoms with Crippen molar-refractivity contribution in [2.24, 2.45) is 0 Å². The number of ether oxygens (including phenoxy) is 1. The van der Waals surface area contributed by atoms with Gasteiger partial charge >= 0.3 is 0 Å². The van der Waals surface area contributed by atoms with Gasteiger partial charge in [0.15, 0.2) is 0 Å². The lowest BCUT2D eigenvalue weighted by Crippen LogP contribution is -2.36. The van der Waals surface area contributed by atoms with Crippen LogP contribution in [0.4, 0.5) is 11.4 Å². The normalized spacial score (nSPS) is 14.1. The van der Waals surface area contributed by atoms with E-state index in [4.69, 9.17) is 4.74 Å². The third kappa shape index (κ3) is 2.16. The lowest BCUT2D eigenvalue weighted by Gasteiger charge is -2.35. The Morgan fingerprint density at radius 1 is 0.958 bits per heavy atom. The van der Waals surface area contributed by atoms with Crippen molar-refractivity contribution >= 4 is 22.1 Å². The minimum Gasteiger partial charge on any atom is -0.497 e. The molecule has 3 aromatic rings. The lowest BCUT2D eigenvalue weighted by molar-refractivity contribution is 0.414. The number of rotatable bonds is 2. The lowest BCUT2D eigenvalue weighted by atomic mass is 10.1. The highest BCUT2D eigenvalue weighted by Crippen LogP contribution is 2.37. The summed E-state index contributed by atoms with van der Waals surface area (Å²) in [5.74, 6) is 0.970. The fourth-order valence-electron chi connectivity index (χ4n) is 3.33. The number of anilines is 2. The van der Waals surface area contributed by atoms with Crippen LogP contribution in [-0.4, -0.2) is 44.0 Å². The van der Waals surface area contributed by atoms with Crippen molar-refractivity contribution in [2.75, 3.05) is 44.1 Å². The van der Waals surface area contributed by atoms with Gasteiger partial charge < -0.3 is 19.6 Å². The fourth-order valence-corrected chi connectivity index (χ4v) is 3.33. The molecule has 0 spiro atoms. The Hall–Kier alpha value is -2.82. The van der Waals surface area contributed by atoms with E-state index in [1.54, 1.807) is 7.11 Å². The van der Waals surface area contributed by atoms with E-state index in [-0.39, 0.29) is 5.88 Å². The molecule has 2 aromatic carbocycles. The summed E-state index contributed by atoms with van der Waals surface area (Å²) < 4.78 is 7.09. The van der Waals surface area contributed by atoms with E-state index in [0.717, 1.165) is 35.3 Å². The van der Waals surface area contributed by atoms with Crippen LogP contribution in [0.3, 0.4) is 0 Å². The van der Waals surface area contributed by atoms with Crippen LogP contribution in [0.5, 0.6) is 11.6 Å². The number of aromatic hydroxyl groups is 1. The smallest absolute Gasteiger partial charge is 0.203 e. The van der Waals surface area contributed by atoms with Gasteiger partial charge in [0.1, 0.15) is 5.75 Å². The Morgan fingerprint density at radius 2 is 1.71 bits per heavy atom. The SMILES string of the molecule is COc1ccc2cn(-c3ccc4c(c3)N(C)CCN4C)c(O)c2c1. The summed E-state index contributed by atoms with van der Waals surface area (Å²) >= 11 is 0. The summed E-state index contributed by atoms with van der Waals surface area (Å²) in [6, 6.07) is 12.0. The zero-order valence-electron chi connectivity index (χ0n) is 14.2.